The van der Waals surface area contributed by atoms with Crippen LogP contribution in [0.5, 0.6) is 0 Å². The van der Waals surface area contributed by atoms with Gasteiger partial charge in [-0.25, -0.2) is 9.97 Å². The van der Waals surface area contributed by atoms with E-state index in [1.54, 1.807) is 13.1 Å². The van der Waals surface area contributed by atoms with E-state index in [2.05, 4.69) is 20.6 Å². The first-order valence-electron chi connectivity index (χ1n) is 6.41. The molecule has 2 N–H and O–H groups in total. The number of rotatable bonds is 5. The number of aromatic nitrogens is 2. The summed E-state index contributed by atoms with van der Waals surface area (Å²) in [5.41, 5.74) is 0.800. The molecule has 1 heterocycles. The van der Waals surface area contributed by atoms with Crippen LogP contribution in [0.4, 0.5) is 24.8 Å². The highest BCUT2D eigenvalue weighted by Gasteiger charge is 2.26. The van der Waals surface area contributed by atoms with E-state index in [0.29, 0.717) is 17.5 Å². The molecule has 0 aliphatic rings. The van der Waals surface area contributed by atoms with E-state index < -0.39 is 12.6 Å². The van der Waals surface area contributed by atoms with Gasteiger partial charge in [-0.05, 0) is 0 Å². The van der Waals surface area contributed by atoms with Crippen molar-refractivity contribution in [1.29, 1.82) is 0 Å². The van der Waals surface area contributed by atoms with Crippen molar-refractivity contribution in [2.75, 3.05) is 24.2 Å². The van der Waals surface area contributed by atoms with Gasteiger partial charge in [-0.15, -0.1) is 0 Å². The first-order chi connectivity index (χ1) is 9.98. The van der Waals surface area contributed by atoms with Gasteiger partial charge in [0.05, 0.1) is 6.42 Å². The smallest absolute Gasteiger partial charge is 0.373 e. The number of anilines is 2. The predicted octanol–water partition coefficient (Wildman–Crippen LogP) is 3.55. The summed E-state index contributed by atoms with van der Waals surface area (Å²) in [6, 6.07) is 10.8. The van der Waals surface area contributed by atoms with Crippen molar-refractivity contribution in [3.05, 3.63) is 36.4 Å². The van der Waals surface area contributed by atoms with Crippen LogP contribution in [0.25, 0.3) is 11.4 Å². The van der Waals surface area contributed by atoms with Gasteiger partial charge in [0.15, 0.2) is 5.82 Å². The lowest BCUT2D eigenvalue weighted by Crippen LogP contribution is -2.15. The van der Waals surface area contributed by atoms with Gasteiger partial charge in [0.25, 0.3) is 0 Å². The first-order valence-corrected chi connectivity index (χ1v) is 6.41. The average Bonchev–Trinajstić information content (AvgIpc) is 2.46. The third kappa shape index (κ3) is 4.62. The van der Waals surface area contributed by atoms with E-state index in [4.69, 9.17) is 0 Å². The Labute approximate surface area is 120 Å². The quantitative estimate of drug-likeness (QED) is 0.886. The number of benzene rings is 1. The molecule has 0 atom stereocenters. The summed E-state index contributed by atoms with van der Waals surface area (Å²) in [6.07, 6.45) is -5.10. The molecule has 0 bridgehead atoms. The van der Waals surface area contributed by atoms with Crippen LogP contribution in [0.3, 0.4) is 0 Å². The Morgan fingerprint density at radius 3 is 2.33 bits per heavy atom. The van der Waals surface area contributed by atoms with Crippen LogP contribution in [-0.2, 0) is 0 Å². The number of hydrogen-bond acceptors (Lipinski definition) is 4. The van der Waals surface area contributed by atoms with E-state index in [1.807, 2.05) is 30.3 Å². The van der Waals surface area contributed by atoms with Crippen LogP contribution < -0.4 is 10.6 Å². The largest absolute Gasteiger partial charge is 0.390 e. The second kappa shape index (κ2) is 6.43. The minimum Gasteiger partial charge on any atom is -0.373 e. The zero-order valence-corrected chi connectivity index (χ0v) is 11.4. The Hall–Kier alpha value is -2.31. The van der Waals surface area contributed by atoms with Crippen molar-refractivity contribution in [1.82, 2.24) is 9.97 Å². The molecular weight excluding hydrogens is 281 g/mol. The number of alkyl halides is 3. The monoisotopic (exact) mass is 296 g/mol. The van der Waals surface area contributed by atoms with Crippen LogP contribution in [0.1, 0.15) is 6.42 Å². The van der Waals surface area contributed by atoms with E-state index in [9.17, 15) is 13.2 Å². The molecule has 0 saturated heterocycles. The number of nitrogens with one attached hydrogen (secondary N) is 2. The third-order valence-electron chi connectivity index (χ3n) is 2.73. The zero-order valence-electron chi connectivity index (χ0n) is 11.4. The molecule has 4 nitrogen and oxygen atoms in total. The molecule has 0 aliphatic carbocycles. The highest BCUT2D eigenvalue weighted by molar-refractivity contribution is 5.61. The molecule has 0 amide bonds. The standard InChI is InChI=1S/C14H15F3N4/c1-18-11-9-12(19-8-7-14(15,16)17)21-13(20-11)10-5-3-2-4-6-10/h2-6,9H,7-8H2,1H3,(H2,18,19,20,21). The molecule has 0 radical (unpaired) electrons. The lowest BCUT2D eigenvalue weighted by atomic mass is 10.2. The molecule has 112 valence electrons. The van der Waals surface area contributed by atoms with E-state index in [-0.39, 0.29) is 6.54 Å². The van der Waals surface area contributed by atoms with E-state index in [1.165, 1.54) is 0 Å². The van der Waals surface area contributed by atoms with Crippen LogP contribution in [0.2, 0.25) is 0 Å². The van der Waals surface area contributed by atoms with Crippen LogP contribution >= 0.6 is 0 Å². The van der Waals surface area contributed by atoms with Gasteiger partial charge in [-0.3, -0.25) is 0 Å². The van der Waals surface area contributed by atoms with Crippen LogP contribution in [0, 0.1) is 0 Å². The number of hydrogen-bond donors (Lipinski definition) is 2. The van der Waals surface area contributed by atoms with Crippen LogP contribution in [-0.4, -0.2) is 29.7 Å². The molecule has 0 saturated carbocycles. The number of halogens is 3. The SMILES string of the molecule is CNc1cc(NCCC(F)(F)F)nc(-c2ccccc2)n1. The minimum atomic E-state index is -4.19. The molecule has 0 aliphatic heterocycles. The second-order valence-electron chi connectivity index (χ2n) is 4.37. The minimum absolute atomic E-state index is 0.224. The van der Waals surface area contributed by atoms with Crippen molar-refractivity contribution in [3.8, 4) is 11.4 Å². The number of nitrogens with zero attached hydrogens (tertiary/aromatic N) is 2. The summed E-state index contributed by atoms with van der Waals surface area (Å²) in [5, 5.41) is 5.55. The van der Waals surface area contributed by atoms with Crippen molar-refractivity contribution in [2.24, 2.45) is 0 Å². The fourth-order valence-electron chi connectivity index (χ4n) is 1.71. The summed E-state index contributed by atoms with van der Waals surface area (Å²) in [5.74, 6) is 1.35. The molecule has 1 aromatic heterocycles. The summed E-state index contributed by atoms with van der Waals surface area (Å²) in [7, 11) is 1.69. The maximum atomic E-state index is 12.2. The van der Waals surface area contributed by atoms with E-state index in [0.717, 1.165) is 5.56 Å². The third-order valence-corrected chi connectivity index (χ3v) is 2.73. The topological polar surface area (TPSA) is 49.8 Å². The first kappa shape index (κ1) is 15.1. The van der Waals surface area contributed by atoms with Gasteiger partial charge >= 0.3 is 6.18 Å². The zero-order chi connectivity index (χ0) is 15.3. The summed E-state index contributed by atoms with van der Waals surface area (Å²) in [4.78, 5) is 8.54. The lowest BCUT2D eigenvalue weighted by molar-refractivity contribution is -0.131. The van der Waals surface area contributed by atoms with Crippen molar-refractivity contribution < 1.29 is 13.2 Å². The van der Waals surface area contributed by atoms with Crippen molar-refractivity contribution >= 4 is 11.6 Å². The lowest BCUT2D eigenvalue weighted by Gasteiger charge is -2.11. The Morgan fingerprint density at radius 2 is 1.71 bits per heavy atom. The fourth-order valence-corrected chi connectivity index (χ4v) is 1.71. The summed E-state index contributed by atoms with van der Waals surface area (Å²) < 4.78 is 36.5. The van der Waals surface area contributed by atoms with Gasteiger partial charge in [0, 0.05) is 25.2 Å². The Balaban J connectivity index is 2.18. The Bertz CT molecular complexity index is 585. The van der Waals surface area contributed by atoms with Gasteiger partial charge in [-0.1, -0.05) is 30.3 Å². The molecule has 21 heavy (non-hydrogen) atoms. The highest BCUT2D eigenvalue weighted by atomic mass is 19.4. The van der Waals surface area contributed by atoms with Crippen molar-refractivity contribution in [3.63, 3.8) is 0 Å². The van der Waals surface area contributed by atoms with Crippen molar-refractivity contribution in [2.45, 2.75) is 12.6 Å². The van der Waals surface area contributed by atoms with Gasteiger partial charge in [0.2, 0.25) is 0 Å². The van der Waals surface area contributed by atoms with Crippen LogP contribution in [0.15, 0.2) is 36.4 Å². The van der Waals surface area contributed by atoms with Gasteiger partial charge in [-0.2, -0.15) is 13.2 Å². The summed E-state index contributed by atoms with van der Waals surface area (Å²) >= 11 is 0. The van der Waals surface area contributed by atoms with Gasteiger partial charge in [0.1, 0.15) is 11.6 Å². The molecule has 0 fully saturated rings. The Morgan fingerprint density at radius 1 is 1.05 bits per heavy atom. The molecular formula is C14H15F3N4. The van der Waals surface area contributed by atoms with Gasteiger partial charge < -0.3 is 10.6 Å². The molecule has 0 unspecified atom stereocenters. The molecule has 1 aromatic carbocycles. The summed E-state index contributed by atoms with van der Waals surface area (Å²) in [6.45, 7) is -0.224. The fraction of sp³-hybridized carbons (Fsp3) is 0.286. The Kier molecular flexibility index (Phi) is 4.62. The molecule has 0 spiro atoms. The molecule has 2 rings (SSSR count). The normalized spacial score (nSPS) is 11.2. The average molecular weight is 296 g/mol. The maximum Gasteiger partial charge on any atom is 0.390 e. The second-order valence-corrected chi connectivity index (χ2v) is 4.37. The maximum absolute atomic E-state index is 12.2. The van der Waals surface area contributed by atoms with E-state index >= 15 is 0 Å². The highest BCUT2D eigenvalue weighted by Crippen LogP contribution is 2.22. The molecule has 7 heteroatoms. The molecule has 2 aromatic rings. The predicted molar refractivity (Wildman–Crippen MR) is 76.2 cm³/mol.